The van der Waals surface area contributed by atoms with Crippen molar-refractivity contribution in [1.29, 1.82) is 0 Å². The predicted octanol–water partition coefficient (Wildman–Crippen LogP) is 3.73. The van der Waals surface area contributed by atoms with Gasteiger partial charge in [0.25, 0.3) is 0 Å². The van der Waals surface area contributed by atoms with E-state index in [1.54, 1.807) is 0 Å². The highest BCUT2D eigenvalue weighted by atomic mass is 14.9. The molecule has 1 rings (SSSR count). The lowest BCUT2D eigenvalue weighted by molar-refractivity contribution is 0.264. The van der Waals surface area contributed by atoms with Crippen LogP contribution in [0.4, 0.5) is 0 Å². The van der Waals surface area contributed by atoms with Crippen LogP contribution in [0.3, 0.4) is 0 Å². The zero-order valence-corrected chi connectivity index (χ0v) is 10.2. The SMILES string of the molecule is CCCC(C)NC(C)C1CCCCC1. The molecule has 0 aromatic heterocycles. The lowest BCUT2D eigenvalue weighted by Gasteiger charge is -2.30. The Hall–Kier alpha value is -0.0400. The first-order valence-electron chi connectivity index (χ1n) is 6.50. The molecule has 2 unspecified atom stereocenters. The summed E-state index contributed by atoms with van der Waals surface area (Å²) in [5.41, 5.74) is 0. The average molecular weight is 197 g/mol. The van der Waals surface area contributed by atoms with E-state index < -0.39 is 0 Å². The van der Waals surface area contributed by atoms with Crippen molar-refractivity contribution in [3.63, 3.8) is 0 Å². The van der Waals surface area contributed by atoms with E-state index in [-0.39, 0.29) is 0 Å². The maximum Gasteiger partial charge on any atom is 0.00694 e. The van der Waals surface area contributed by atoms with E-state index in [1.165, 1.54) is 44.9 Å². The van der Waals surface area contributed by atoms with Crippen molar-refractivity contribution in [2.45, 2.75) is 77.8 Å². The number of rotatable bonds is 5. The highest BCUT2D eigenvalue weighted by Gasteiger charge is 2.20. The normalized spacial score (nSPS) is 23.4. The van der Waals surface area contributed by atoms with Crippen LogP contribution in [-0.2, 0) is 0 Å². The Morgan fingerprint density at radius 2 is 1.79 bits per heavy atom. The molecule has 2 atom stereocenters. The summed E-state index contributed by atoms with van der Waals surface area (Å²) in [4.78, 5) is 0. The van der Waals surface area contributed by atoms with Gasteiger partial charge in [0, 0.05) is 12.1 Å². The van der Waals surface area contributed by atoms with Crippen LogP contribution in [0.15, 0.2) is 0 Å². The molecule has 1 fully saturated rings. The monoisotopic (exact) mass is 197 g/mol. The van der Waals surface area contributed by atoms with Gasteiger partial charge in [-0.25, -0.2) is 0 Å². The van der Waals surface area contributed by atoms with Crippen molar-refractivity contribution in [2.24, 2.45) is 5.92 Å². The second kappa shape index (κ2) is 6.44. The molecule has 1 heteroatoms. The number of nitrogens with one attached hydrogen (secondary N) is 1. The van der Waals surface area contributed by atoms with Crippen molar-refractivity contribution >= 4 is 0 Å². The van der Waals surface area contributed by atoms with Gasteiger partial charge in [-0.15, -0.1) is 0 Å². The minimum Gasteiger partial charge on any atom is -0.312 e. The molecule has 0 aromatic carbocycles. The molecule has 0 aromatic rings. The van der Waals surface area contributed by atoms with Gasteiger partial charge in [0.1, 0.15) is 0 Å². The van der Waals surface area contributed by atoms with Gasteiger partial charge in [-0.3, -0.25) is 0 Å². The lowest BCUT2D eigenvalue weighted by atomic mass is 9.84. The molecule has 1 N–H and O–H groups in total. The molecule has 0 aliphatic heterocycles. The van der Waals surface area contributed by atoms with Crippen molar-refractivity contribution in [1.82, 2.24) is 5.32 Å². The Bertz CT molecular complexity index is 138. The van der Waals surface area contributed by atoms with Crippen LogP contribution in [-0.4, -0.2) is 12.1 Å². The lowest BCUT2D eigenvalue weighted by Crippen LogP contribution is -2.40. The summed E-state index contributed by atoms with van der Waals surface area (Å²) in [6.07, 6.45) is 9.90. The van der Waals surface area contributed by atoms with Gasteiger partial charge >= 0.3 is 0 Å². The molecule has 0 bridgehead atoms. The van der Waals surface area contributed by atoms with E-state index in [0.29, 0.717) is 6.04 Å². The van der Waals surface area contributed by atoms with Crippen molar-refractivity contribution in [3.05, 3.63) is 0 Å². The summed E-state index contributed by atoms with van der Waals surface area (Å²) in [5, 5.41) is 3.75. The molecule has 14 heavy (non-hydrogen) atoms. The van der Waals surface area contributed by atoms with Gasteiger partial charge in [0.05, 0.1) is 0 Å². The summed E-state index contributed by atoms with van der Waals surface area (Å²) in [6.45, 7) is 6.97. The summed E-state index contributed by atoms with van der Waals surface area (Å²) >= 11 is 0. The second-order valence-corrected chi connectivity index (χ2v) is 5.04. The van der Waals surface area contributed by atoms with Crippen molar-refractivity contribution in [3.8, 4) is 0 Å². The highest BCUT2D eigenvalue weighted by molar-refractivity contribution is 4.77. The summed E-state index contributed by atoms with van der Waals surface area (Å²) in [6, 6.07) is 1.44. The standard InChI is InChI=1S/C13H27N/c1-4-8-11(2)14-12(3)13-9-6-5-7-10-13/h11-14H,4-10H2,1-3H3. The maximum absolute atomic E-state index is 3.75. The molecule has 1 aliphatic carbocycles. The molecule has 0 amide bonds. The first kappa shape index (κ1) is 12.0. The molecular weight excluding hydrogens is 170 g/mol. The Labute approximate surface area is 89.7 Å². The molecule has 84 valence electrons. The van der Waals surface area contributed by atoms with Gasteiger partial charge in [0.2, 0.25) is 0 Å². The zero-order chi connectivity index (χ0) is 10.4. The predicted molar refractivity (Wildman–Crippen MR) is 63.5 cm³/mol. The first-order chi connectivity index (χ1) is 6.74. The molecule has 0 heterocycles. The van der Waals surface area contributed by atoms with Crippen molar-refractivity contribution < 1.29 is 0 Å². The third kappa shape index (κ3) is 4.00. The number of hydrogen-bond donors (Lipinski definition) is 1. The van der Waals surface area contributed by atoms with Crippen LogP contribution in [0, 0.1) is 5.92 Å². The molecule has 0 spiro atoms. The zero-order valence-electron chi connectivity index (χ0n) is 10.2. The minimum absolute atomic E-state index is 0.705. The van der Waals surface area contributed by atoms with Crippen LogP contribution in [0.5, 0.6) is 0 Å². The molecule has 0 radical (unpaired) electrons. The smallest absolute Gasteiger partial charge is 0.00694 e. The van der Waals surface area contributed by atoms with Gasteiger partial charge < -0.3 is 5.32 Å². The van der Waals surface area contributed by atoms with Gasteiger partial charge in [0.15, 0.2) is 0 Å². The molecular formula is C13H27N. The van der Waals surface area contributed by atoms with Gasteiger partial charge in [-0.1, -0.05) is 32.6 Å². The first-order valence-corrected chi connectivity index (χ1v) is 6.50. The van der Waals surface area contributed by atoms with E-state index in [0.717, 1.165) is 12.0 Å². The quantitative estimate of drug-likeness (QED) is 0.708. The fraction of sp³-hybridized carbons (Fsp3) is 1.00. The number of hydrogen-bond acceptors (Lipinski definition) is 1. The Morgan fingerprint density at radius 1 is 1.14 bits per heavy atom. The highest BCUT2D eigenvalue weighted by Crippen LogP contribution is 2.26. The largest absolute Gasteiger partial charge is 0.312 e. The van der Waals surface area contributed by atoms with Crippen LogP contribution >= 0.6 is 0 Å². The van der Waals surface area contributed by atoms with E-state index in [4.69, 9.17) is 0 Å². The van der Waals surface area contributed by atoms with Crippen LogP contribution in [0.2, 0.25) is 0 Å². The summed E-state index contributed by atoms with van der Waals surface area (Å²) in [5.74, 6) is 0.947. The third-order valence-corrected chi connectivity index (χ3v) is 3.63. The second-order valence-electron chi connectivity index (χ2n) is 5.04. The minimum atomic E-state index is 0.705. The van der Waals surface area contributed by atoms with E-state index in [9.17, 15) is 0 Å². The third-order valence-electron chi connectivity index (χ3n) is 3.63. The van der Waals surface area contributed by atoms with Gasteiger partial charge in [-0.05, 0) is 39.0 Å². The van der Waals surface area contributed by atoms with Crippen LogP contribution in [0.1, 0.15) is 65.7 Å². The van der Waals surface area contributed by atoms with Gasteiger partial charge in [-0.2, -0.15) is 0 Å². The maximum atomic E-state index is 3.75. The van der Waals surface area contributed by atoms with Crippen LogP contribution < -0.4 is 5.32 Å². The van der Waals surface area contributed by atoms with Crippen LogP contribution in [0.25, 0.3) is 0 Å². The van der Waals surface area contributed by atoms with E-state index in [2.05, 4.69) is 26.1 Å². The molecule has 1 nitrogen and oxygen atoms in total. The van der Waals surface area contributed by atoms with E-state index >= 15 is 0 Å². The Balaban J connectivity index is 2.21. The fourth-order valence-electron chi connectivity index (χ4n) is 2.74. The summed E-state index contributed by atoms with van der Waals surface area (Å²) < 4.78 is 0. The molecule has 1 aliphatic rings. The van der Waals surface area contributed by atoms with Crippen molar-refractivity contribution in [2.75, 3.05) is 0 Å². The fourth-order valence-corrected chi connectivity index (χ4v) is 2.74. The average Bonchev–Trinajstić information content (AvgIpc) is 2.19. The topological polar surface area (TPSA) is 12.0 Å². The Morgan fingerprint density at radius 3 is 2.36 bits per heavy atom. The Kier molecular flexibility index (Phi) is 5.54. The molecule has 0 saturated heterocycles. The van der Waals surface area contributed by atoms with E-state index in [1.807, 2.05) is 0 Å². The molecule has 1 saturated carbocycles. The summed E-state index contributed by atoms with van der Waals surface area (Å²) in [7, 11) is 0.